The first kappa shape index (κ1) is 10.5. The lowest BCUT2D eigenvalue weighted by Gasteiger charge is -2.24. The molecule has 0 bridgehead atoms. The van der Waals surface area contributed by atoms with Crippen molar-refractivity contribution < 1.29 is 13.2 Å². The van der Waals surface area contributed by atoms with Gasteiger partial charge in [0, 0.05) is 0 Å². The highest BCUT2D eigenvalue weighted by Crippen LogP contribution is 2.34. The number of rotatable bonds is 1. The third kappa shape index (κ3) is 2.33. The molecule has 1 saturated carbocycles. The number of hydrogen-bond acceptors (Lipinski definition) is 0. The van der Waals surface area contributed by atoms with Crippen LogP contribution in [0.25, 0.3) is 0 Å². The molecule has 0 radical (unpaired) electrons. The van der Waals surface area contributed by atoms with Gasteiger partial charge in [-0.1, -0.05) is 6.07 Å². The van der Waals surface area contributed by atoms with Gasteiger partial charge in [-0.25, -0.2) is 13.2 Å². The Labute approximate surface area is 87.1 Å². The van der Waals surface area contributed by atoms with E-state index in [4.69, 9.17) is 0 Å². The Morgan fingerprint density at radius 2 is 1.60 bits per heavy atom. The molecule has 0 unspecified atom stereocenters. The van der Waals surface area contributed by atoms with E-state index in [0.29, 0.717) is 12.8 Å². The third-order valence-electron chi connectivity index (χ3n) is 3.07. The van der Waals surface area contributed by atoms with E-state index in [9.17, 15) is 13.2 Å². The lowest BCUT2D eigenvalue weighted by atomic mass is 9.83. The number of hydrogen-bond donors (Lipinski definition) is 0. The summed E-state index contributed by atoms with van der Waals surface area (Å²) >= 11 is 0. The maximum atomic E-state index is 13.0. The first-order chi connectivity index (χ1) is 7.16. The first-order valence-electron chi connectivity index (χ1n) is 5.26. The van der Waals surface area contributed by atoms with Crippen molar-refractivity contribution in [3.8, 4) is 0 Å². The summed E-state index contributed by atoms with van der Waals surface area (Å²) in [5, 5.41) is 0. The largest absolute Gasteiger partial charge is 0.247 e. The minimum absolute atomic E-state index is 0.187. The van der Waals surface area contributed by atoms with Crippen LogP contribution in [-0.2, 0) is 0 Å². The van der Waals surface area contributed by atoms with Gasteiger partial charge in [0.25, 0.3) is 0 Å². The van der Waals surface area contributed by atoms with Gasteiger partial charge in [0.15, 0.2) is 11.6 Å². The van der Waals surface area contributed by atoms with Crippen LogP contribution in [0, 0.1) is 11.6 Å². The lowest BCUT2D eigenvalue weighted by molar-refractivity contribution is 0.235. The van der Waals surface area contributed by atoms with Gasteiger partial charge in [-0.05, 0) is 49.3 Å². The number of halogens is 3. The summed E-state index contributed by atoms with van der Waals surface area (Å²) in [6.07, 6.45) is 1.80. The molecular formula is C12H13F3. The summed E-state index contributed by atoms with van der Waals surface area (Å²) in [7, 11) is 0. The summed E-state index contributed by atoms with van der Waals surface area (Å²) in [5.41, 5.74) is 0.792. The van der Waals surface area contributed by atoms with Crippen molar-refractivity contribution in [3.63, 3.8) is 0 Å². The fourth-order valence-electron chi connectivity index (χ4n) is 2.15. The average Bonchev–Trinajstić information content (AvgIpc) is 2.23. The van der Waals surface area contributed by atoms with E-state index < -0.39 is 17.8 Å². The second-order valence-electron chi connectivity index (χ2n) is 4.12. The van der Waals surface area contributed by atoms with E-state index >= 15 is 0 Å². The summed E-state index contributed by atoms with van der Waals surface area (Å²) < 4.78 is 38.5. The average molecular weight is 214 g/mol. The molecule has 1 aliphatic carbocycles. The quantitative estimate of drug-likeness (QED) is 0.663. The van der Waals surface area contributed by atoms with Crippen LogP contribution in [0.5, 0.6) is 0 Å². The molecule has 0 saturated heterocycles. The van der Waals surface area contributed by atoms with E-state index in [1.54, 1.807) is 6.07 Å². The second-order valence-corrected chi connectivity index (χ2v) is 4.12. The van der Waals surface area contributed by atoms with Crippen molar-refractivity contribution in [2.75, 3.05) is 0 Å². The summed E-state index contributed by atoms with van der Waals surface area (Å²) in [6.45, 7) is 0. The molecular weight excluding hydrogens is 201 g/mol. The maximum absolute atomic E-state index is 13.0. The Hall–Kier alpha value is -0.990. The van der Waals surface area contributed by atoms with Gasteiger partial charge in [0.05, 0.1) is 0 Å². The van der Waals surface area contributed by atoms with Gasteiger partial charge in [-0.3, -0.25) is 0 Å². The van der Waals surface area contributed by atoms with Gasteiger partial charge >= 0.3 is 0 Å². The number of alkyl halides is 1. The molecule has 0 nitrogen and oxygen atoms in total. The Morgan fingerprint density at radius 3 is 2.20 bits per heavy atom. The Morgan fingerprint density at radius 1 is 0.933 bits per heavy atom. The van der Waals surface area contributed by atoms with E-state index in [1.807, 2.05) is 0 Å². The second kappa shape index (κ2) is 4.25. The lowest BCUT2D eigenvalue weighted by Crippen LogP contribution is -2.13. The van der Waals surface area contributed by atoms with Gasteiger partial charge in [0.2, 0.25) is 0 Å². The van der Waals surface area contributed by atoms with E-state index in [1.165, 1.54) is 6.07 Å². The van der Waals surface area contributed by atoms with Crippen LogP contribution >= 0.6 is 0 Å². The van der Waals surface area contributed by atoms with Crippen molar-refractivity contribution in [1.82, 2.24) is 0 Å². The third-order valence-corrected chi connectivity index (χ3v) is 3.07. The van der Waals surface area contributed by atoms with Crippen molar-refractivity contribution in [2.24, 2.45) is 0 Å². The molecule has 1 aliphatic rings. The van der Waals surface area contributed by atoms with Crippen LogP contribution in [0.3, 0.4) is 0 Å². The Balaban J connectivity index is 2.12. The molecule has 3 heteroatoms. The van der Waals surface area contributed by atoms with E-state index in [2.05, 4.69) is 0 Å². The zero-order valence-corrected chi connectivity index (χ0v) is 8.35. The molecule has 0 heterocycles. The van der Waals surface area contributed by atoms with Crippen LogP contribution in [0.15, 0.2) is 18.2 Å². The highest BCUT2D eigenvalue weighted by molar-refractivity contribution is 5.22. The van der Waals surface area contributed by atoms with Crippen LogP contribution in [0.4, 0.5) is 13.2 Å². The standard InChI is InChI=1S/C12H13F3/c13-10-4-1-8(2-5-10)9-3-6-11(14)12(15)7-9/h3,6-8,10H,1-2,4-5H2. The summed E-state index contributed by atoms with van der Waals surface area (Å²) in [5.74, 6) is -1.44. The van der Waals surface area contributed by atoms with Crippen molar-refractivity contribution in [3.05, 3.63) is 35.4 Å². The first-order valence-corrected chi connectivity index (χ1v) is 5.26. The maximum Gasteiger partial charge on any atom is 0.159 e. The van der Waals surface area contributed by atoms with Crippen LogP contribution < -0.4 is 0 Å². The fraction of sp³-hybridized carbons (Fsp3) is 0.500. The SMILES string of the molecule is Fc1ccc(C2CCC(F)CC2)cc1F. The highest BCUT2D eigenvalue weighted by Gasteiger charge is 2.22. The molecule has 0 aliphatic heterocycles. The molecule has 0 N–H and O–H groups in total. The molecule has 0 atom stereocenters. The van der Waals surface area contributed by atoms with Gasteiger partial charge in [-0.2, -0.15) is 0 Å². The summed E-state index contributed by atoms with van der Waals surface area (Å²) in [4.78, 5) is 0. The fourth-order valence-corrected chi connectivity index (χ4v) is 2.15. The normalized spacial score (nSPS) is 26.6. The van der Waals surface area contributed by atoms with Gasteiger partial charge in [0.1, 0.15) is 6.17 Å². The van der Waals surface area contributed by atoms with Crippen molar-refractivity contribution in [2.45, 2.75) is 37.8 Å². The summed E-state index contributed by atoms with van der Waals surface area (Å²) in [6, 6.07) is 3.98. The van der Waals surface area contributed by atoms with Crippen molar-refractivity contribution in [1.29, 1.82) is 0 Å². The Bertz CT molecular complexity index is 341. The molecule has 1 aromatic carbocycles. The molecule has 0 aromatic heterocycles. The van der Waals surface area contributed by atoms with Crippen molar-refractivity contribution >= 4 is 0 Å². The van der Waals surface area contributed by atoms with Gasteiger partial charge in [-0.15, -0.1) is 0 Å². The minimum Gasteiger partial charge on any atom is -0.247 e. The molecule has 0 amide bonds. The number of benzene rings is 1. The van der Waals surface area contributed by atoms with Crippen LogP contribution in [0.2, 0.25) is 0 Å². The topological polar surface area (TPSA) is 0 Å². The van der Waals surface area contributed by atoms with Crippen LogP contribution in [-0.4, -0.2) is 6.17 Å². The minimum atomic E-state index is -0.821. The molecule has 15 heavy (non-hydrogen) atoms. The zero-order chi connectivity index (χ0) is 10.8. The molecule has 2 rings (SSSR count). The Kier molecular flexibility index (Phi) is 2.98. The highest BCUT2D eigenvalue weighted by atomic mass is 19.2. The zero-order valence-electron chi connectivity index (χ0n) is 8.35. The molecule has 1 aromatic rings. The van der Waals surface area contributed by atoms with Gasteiger partial charge < -0.3 is 0 Å². The van der Waals surface area contributed by atoms with E-state index in [0.717, 1.165) is 24.5 Å². The monoisotopic (exact) mass is 214 g/mol. The van der Waals surface area contributed by atoms with Crippen LogP contribution in [0.1, 0.15) is 37.2 Å². The molecule has 0 spiro atoms. The predicted octanol–water partition coefficient (Wildman–Crippen LogP) is 3.96. The molecule has 82 valence electrons. The molecule has 1 fully saturated rings. The van der Waals surface area contributed by atoms with E-state index in [-0.39, 0.29) is 5.92 Å². The smallest absolute Gasteiger partial charge is 0.159 e. The predicted molar refractivity (Wildman–Crippen MR) is 52.5 cm³/mol.